The summed E-state index contributed by atoms with van der Waals surface area (Å²) in [5, 5.41) is 10.8. The second kappa shape index (κ2) is 6.48. The molecule has 1 N–H and O–H groups in total. The summed E-state index contributed by atoms with van der Waals surface area (Å²) in [6.07, 6.45) is 0.0901. The van der Waals surface area contributed by atoms with Crippen LogP contribution in [0.5, 0.6) is 5.75 Å². The van der Waals surface area contributed by atoms with Crippen molar-refractivity contribution < 1.29 is 19.4 Å². The summed E-state index contributed by atoms with van der Waals surface area (Å²) in [7, 11) is 0. The lowest BCUT2D eigenvalue weighted by Crippen LogP contribution is -2.46. The lowest BCUT2D eigenvalue weighted by molar-refractivity contribution is -0.170. The third-order valence-electron chi connectivity index (χ3n) is 3.79. The van der Waals surface area contributed by atoms with Crippen LogP contribution in [0.25, 0.3) is 0 Å². The van der Waals surface area contributed by atoms with Crippen LogP contribution in [0.15, 0.2) is 24.3 Å². The quantitative estimate of drug-likeness (QED) is 0.818. The second-order valence-electron chi connectivity index (χ2n) is 6.11. The predicted octanol–water partition coefficient (Wildman–Crippen LogP) is 3.27. The van der Waals surface area contributed by atoms with E-state index in [0.29, 0.717) is 12.2 Å². The van der Waals surface area contributed by atoms with E-state index >= 15 is 0 Å². The van der Waals surface area contributed by atoms with Gasteiger partial charge in [0.15, 0.2) is 0 Å². The molecule has 0 amide bonds. The zero-order valence-corrected chi connectivity index (χ0v) is 13.8. The molecule has 1 aromatic carbocycles. The van der Waals surface area contributed by atoms with Gasteiger partial charge in [0.1, 0.15) is 11.4 Å². The number of carbonyl (C=O) groups excluding carboxylic acids is 1. The zero-order valence-electron chi connectivity index (χ0n) is 13.8. The van der Waals surface area contributed by atoms with E-state index < -0.39 is 17.0 Å². The Morgan fingerprint density at radius 1 is 1.19 bits per heavy atom. The second-order valence-corrected chi connectivity index (χ2v) is 6.11. The van der Waals surface area contributed by atoms with Crippen LogP contribution in [0.4, 0.5) is 0 Å². The van der Waals surface area contributed by atoms with Gasteiger partial charge >= 0.3 is 5.97 Å². The van der Waals surface area contributed by atoms with Gasteiger partial charge in [0.2, 0.25) is 0 Å². The van der Waals surface area contributed by atoms with Gasteiger partial charge in [-0.05, 0) is 59.2 Å². The molecule has 4 heteroatoms. The molecular weight excluding hydrogens is 268 g/mol. The zero-order chi connectivity index (χ0) is 16.3. The van der Waals surface area contributed by atoms with E-state index in [2.05, 4.69) is 0 Å². The van der Waals surface area contributed by atoms with E-state index in [1.165, 1.54) is 0 Å². The molecule has 1 rings (SSSR count). The van der Waals surface area contributed by atoms with Crippen LogP contribution in [-0.2, 0) is 15.1 Å². The van der Waals surface area contributed by atoms with E-state index in [0.717, 1.165) is 5.75 Å². The first-order valence-electron chi connectivity index (χ1n) is 7.29. The average Bonchev–Trinajstić information content (AvgIpc) is 2.38. The first-order valence-corrected chi connectivity index (χ1v) is 7.29. The molecule has 0 saturated carbocycles. The lowest BCUT2D eigenvalue weighted by Gasteiger charge is -2.38. The fourth-order valence-electron chi connectivity index (χ4n) is 2.00. The van der Waals surface area contributed by atoms with Crippen molar-refractivity contribution in [2.45, 2.75) is 53.2 Å². The minimum Gasteiger partial charge on any atom is -0.491 e. The van der Waals surface area contributed by atoms with E-state index in [4.69, 9.17) is 9.47 Å². The average molecular weight is 294 g/mol. The van der Waals surface area contributed by atoms with E-state index in [9.17, 15) is 9.90 Å². The molecule has 0 aliphatic carbocycles. The Kier molecular flexibility index (Phi) is 5.40. The molecule has 0 spiro atoms. The Hall–Kier alpha value is -1.55. The highest BCUT2D eigenvalue weighted by Crippen LogP contribution is 2.40. The molecule has 0 radical (unpaired) electrons. The van der Waals surface area contributed by atoms with Crippen LogP contribution in [0.3, 0.4) is 0 Å². The van der Waals surface area contributed by atoms with Crippen LogP contribution < -0.4 is 4.74 Å². The third kappa shape index (κ3) is 3.76. The van der Waals surface area contributed by atoms with Gasteiger partial charge in [-0.25, -0.2) is 0 Å². The largest absolute Gasteiger partial charge is 0.491 e. The Morgan fingerprint density at radius 2 is 1.71 bits per heavy atom. The van der Waals surface area contributed by atoms with Crippen LogP contribution in [0, 0.1) is 5.41 Å². The number of rotatable bonds is 6. The maximum absolute atomic E-state index is 12.1. The Morgan fingerprint density at radius 3 is 2.14 bits per heavy atom. The molecule has 0 bridgehead atoms. The number of hydrogen-bond acceptors (Lipinski definition) is 4. The van der Waals surface area contributed by atoms with Gasteiger partial charge in [-0.3, -0.25) is 4.79 Å². The van der Waals surface area contributed by atoms with Gasteiger partial charge in [0.25, 0.3) is 0 Å². The number of ether oxygens (including phenoxy) is 2. The smallest absolute Gasteiger partial charge is 0.314 e. The van der Waals surface area contributed by atoms with E-state index in [-0.39, 0.29) is 6.10 Å². The first kappa shape index (κ1) is 17.5. The lowest BCUT2D eigenvalue weighted by atomic mass is 9.72. The van der Waals surface area contributed by atoms with Crippen molar-refractivity contribution in [1.82, 2.24) is 0 Å². The van der Waals surface area contributed by atoms with Crippen molar-refractivity contribution in [1.29, 1.82) is 0 Å². The summed E-state index contributed by atoms with van der Waals surface area (Å²) in [5.74, 6) is 0.316. The number of carbonyl (C=O) groups is 1. The van der Waals surface area contributed by atoms with Crippen molar-refractivity contribution in [3.8, 4) is 5.75 Å². The topological polar surface area (TPSA) is 55.8 Å². The Bertz CT molecular complexity index is 472. The number of aliphatic hydroxyl groups is 1. The summed E-state index contributed by atoms with van der Waals surface area (Å²) in [4.78, 5) is 12.1. The van der Waals surface area contributed by atoms with Crippen LogP contribution in [0.2, 0.25) is 0 Å². The van der Waals surface area contributed by atoms with Gasteiger partial charge in [-0.2, -0.15) is 0 Å². The number of benzene rings is 1. The molecule has 118 valence electrons. The molecule has 0 aliphatic heterocycles. The molecule has 1 atom stereocenters. The summed E-state index contributed by atoms with van der Waals surface area (Å²) in [5.41, 5.74) is -1.74. The van der Waals surface area contributed by atoms with Crippen molar-refractivity contribution >= 4 is 5.97 Å². The van der Waals surface area contributed by atoms with Crippen molar-refractivity contribution in [3.63, 3.8) is 0 Å². The normalized spacial score (nSPS) is 14.7. The van der Waals surface area contributed by atoms with Crippen LogP contribution >= 0.6 is 0 Å². The van der Waals surface area contributed by atoms with Gasteiger partial charge in [0.05, 0.1) is 18.1 Å². The van der Waals surface area contributed by atoms with Crippen LogP contribution in [0.1, 0.15) is 47.1 Å². The molecule has 21 heavy (non-hydrogen) atoms. The standard InChI is InChI=1S/C17H26O4/c1-7-20-15(18)16(4,5)17(6,19)13-8-10-14(11-9-13)21-12(2)3/h8-12,19H,7H2,1-6H3. The van der Waals surface area contributed by atoms with Gasteiger partial charge in [-0.1, -0.05) is 12.1 Å². The van der Waals surface area contributed by atoms with Crippen LogP contribution in [-0.4, -0.2) is 23.8 Å². The van der Waals surface area contributed by atoms with E-state index in [1.807, 2.05) is 13.8 Å². The minimum atomic E-state index is -1.34. The third-order valence-corrected chi connectivity index (χ3v) is 3.79. The minimum absolute atomic E-state index is 0.0901. The molecule has 1 unspecified atom stereocenters. The van der Waals surface area contributed by atoms with Crippen molar-refractivity contribution in [2.75, 3.05) is 6.61 Å². The van der Waals surface area contributed by atoms with Gasteiger partial charge in [0, 0.05) is 0 Å². The highest BCUT2D eigenvalue weighted by atomic mass is 16.5. The molecule has 0 saturated heterocycles. The molecular formula is C17H26O4. The SMILES string of the molecule is CCOC(=O)C(C)(C)C(C)(O)c1ccc(OC(C)C)cc1. The molecule has 0 aromatic heterocycles. The maximum Gasteiger partial charge on any atom is 0.314 e. The summed E-state index contributed by atoms with van der Waals surface area (Å²) in [6, 6.07) is 7.15. The number of esters is 1. The first-order chi connectivity index (χ1) is 9.62. The number of hydrogen-bond donors (Lipinski definition) is 1. The molecule has 0 aliphatic rings. The van der Waals surface area contributed by atoms with Gasteiger partial charge < -0.3 is 14.6 Å². The summed E-state index contributed by atoms with van der Waals surface area (Å²) < 4.78 is 10.6. The molecule has 1 aromatic rings. The van der Waals surface area contributed by atoms with Crippen molar-refractivity contribution in [3.05, 3.63) is 29.8 Å². The molecule has 0 heterocycles. The highest BCUT2D eigenvalue weighted by molar-refractivity contribution is 5.77. The monoisotopic (exact) mass is 294 g/mol. The van der Waals surface area contributed by atoms with Crippen molar-refractivity contribution in [2.24, 2.45) is 5.41 Å². The maximum atomic E-state index is 12.1. The fourth-order valence-corrected chi connectivity index (χ4v) is 2.00. The Balaban J connectivity index is 3.03. The summed E-state index contributed by atoms with van der Waals surface area (Å²) in [6.45, 7) is 10.9. The highest BCUT2D eigenvalue weighted by Gasteiger charge is 2.47. The van der Waals surface area contributed by atoms with E-state index in [1.54, 1.807) is 52.0 Å². The summed E-state index contributed by atoms with van der Waals surface area (Å²) >= 11 is 0. The van der Waals surface area contributed by atoms with Gasteiger partial charge in [-0.15, -0.1) is 0 Å². The predicted molar refractivity (Wildman–Crippen MR) is 82.2 cm³/mol. The fraction of sp³-hybridized carbons (Fsp3) is 0.588. The Labute approximate surface area is 127 Å². The molecule has 0 fully saturated rings. The molecule has 4 nitrogen and oxygen atoms in total.